The molecule has 58 valence electrons. The standard InChI is InChI=1S/C9H10IN/c1-6(2)8-4-3-7(10)5-9(8)11/h3-5H,1,11H2,2H3. The van der Waals surface area contributed by atoms with Gasteiger partial charge in [0.05, 0.1) is 0 Å². The van der Waals surface area contributed by atoms with Crippen molar-refractivity contribution in [2.24, 2.45) is 0 Å². The minimum Gasteiger partial charge on any atom is -0.398 e. The minimum absolute atomic E-state index is 0.810. The molecule has 0 radical (unpaired) electrons. The summed E-state index contributed by atoms with van der Waals surface area (Å²) in [5, 5.41) is 0. The summed E-state index contributed by atoms with van der Waals surface area (Å²) >= 11 is 2.24. The highest BCUT2D eigenvalue weighted by atomic mass is 127. The van der Waals surface area contributed by atoms with Crippen LogP contribution >= 0.6 is 22.6 Å². The zero-order valence-corrected chi connectivity index (χ0v) is 8.55. The van der Waals surface area contributed by atoms with Crippen LogP contribution in [0.2, 0.25) is 0 Å². The van der Waals surface area contributed by atoms with Crippen LogP contribution < -0.4 is 5.73 Å². The Labute approximate surface area is 80.4 Å². The van der Waals surface area contributed by atoms with E-state index < -0.39 is 0 Å². The lowest BCUT2D eigenvalue weighted by molar-refractivity contribution is 1.54. The van der Waals surface area contributed by atoms with E-state index in [1.165, 1.54) is 0 Å². The van der Waals surface area contributed by atoms with Gasteiger partial charge in [0, 0.05) is 9.26 Å². The normalized spacial score (nSPS) is 9.64. The van der Waals surface area contributed by atoms with Crippen molar-refractivity contribution >= 4 is 33.9 Å². The second kappa shape index (κ2) is 3.26. The predicted molar refractivity (Wildman–Crippen MR) is 58.3 cm³/mol. The molecule has 0 fully saturated rings. The fraction of sp³-hybridized carbons (Fsp3) is 0.111. The van der Waals surface area contributed by atoms with E-state index >= 15 is 0 Å². The number of rotatable bonds is 1. The Morgan fingerprint density at radius 3 is 2.64 bits per heavy atom. The number of halogens is 1. The Morgan fingerprint density at radius 2 is 2.18 bits per heavy atom. The molecule has 0 amide bonds. The van der Waals surface area contributed by atoms with Crippen LogP contribution in [0.5, 0.6) is 0 Å². The fourth-order valence-corrected chi connectivity index (χ4v) is 1.44. The lowest BCUT2D eigenvalue weighted by Crippen LogP contribution is -1.91. The molecule has 0 spiro atoms. The molecule has 0 atom stereocenters. The maximum absolute atomic E-state index is 5.76. The molecule has 1 aromatic carbocycles. The zero-order chi connectivity index (χ0) is 8.43. The predicted octanol–water partition coefficient (Wildman–Crippen LogP) is 2.91. The van der Waals surface area contributed by atoms with Crippen molar-refractivity contribution in [1.82, 2.24) is 0 Å². The number of nitrogens with two attached hydrogens (primary N) is 1. The highest BCUT2D eigenvalue weighted by Gasteiger charge is 1.98. The summed E-state index contributed by atoms with van der Waals surface area (Å²) in [6, 6.07) is 5.98. The molecule has 11 heavy (non-hydrogen) atoms. The molecule has 0 bridgehead atoms. The number of hydrogen-bond donors (Lipinski definition) is 1. The van der Waals surface area contributed by atoms with Crippen molar-refractivity contribution in [1.29, 1.82) is 0 Å². The lowest BCUT2D eigenvalue weighted by atomic mass is 10.1. The van der Waals surface area contributed by atoms with Gasteiger partial charge in [-0.1, -0.05) is 12.6 Å². The van der Waals surface area contributed by atoms with Crippen molar-refractivity contribution in [2.75, 3.05) is 5.73 Å². The van der Waals surface area contributed by atoms with Gasteiger partial charge in [0.15, 0.2) is 0 Å². The lowest BCUT2D eigenvalue weighted by Gasteiger charge is -2.03. The third-order valence-electron chi connectivity index (χ3n) is 1.47. The number of benzene rings is 1. The Kier molecular flexibility index (Phi) is 2.54. The maximum atomic E-state index is 5.76. The molecule has 0 aliphatic rings. The minimum atomic E-state index is 0.810. The Balaban J connectivity index is 3.20. The Morgan fingerprint density at radius 1 is 1.55 bits per heavy atom. The van der Waals surface area contributed by atoms with Crippen molar-refractivity contribution in [3.63, 3.8) is 0 Å². The van der Waals surface area contributed by atoms with Gasteiger partial charge in [-0.2, -0.15) is 0 Å². The number of hydrogen-bond acceptors (Lipinski definition) is 1. The molecular formula is C9H10IN. The Hall–Kier alpha value is -0.510. The van der Waals surface area contributed by atoms with E-state index in [4.69, 9.17) is 5.73 Å². The van der Waals surface area contributed by atoms with Crippen molar-refractivity contribution < 1.29 is 0 Å². The van der Waals surface area contributed by atoms with Crippen molar-refractivity contribution in [3.05, 3.63) is 33.9 Å². The van der Waals surface area contributed by atoms with Gasteiger partial charge in [-0.3, -0.25) is 0 Å². The van der Waals surface area contributed by atoms with Crippen LogP contribution in [0, 0.1) is 3.57 Å². The third-order valence-corrected chi connectivity index (χ3v) is 2.14. The monoisotopic (exact) mass is 259 g/mol. The molecule has 2 N–H and O–H groups in total. The topological polar surface area (TPSA) is 26.0 Å². The first kappa shape index (κ1) is 8.59. The van der Waals surface area contributed by atoms with E-state index in [0.29, 0.717) is 0 Å². The van der Waals surface area contributed by atoms with Gasteiger partial charge in [0.2, 0.25) is 0 Å². The average Bonchev–Trinajstić information content (AvgIpc) is 1.85. The first-order valence-electron chi connectivity index (χ1n) is 3.32. The molecule has 0 saturated carbocycles. The summed E-state index contributed by atoms with van der Waals surface area (Å²) in [6.07, 6.45) is 0. The molecule has 0 aliphatic heterocycles. The second-order valence-corrected chi connectivity index (χ2v) is 3.76. The van der Waals surface area contributed by atoms with E-state index in [1.807, 2.05) is 25.1 Å². The highest BCUT2D eigenvalue weighted by Crippen LogP contribution is 2.21. The van der Waals surface area contributed by atoms with E-state index in [1.54, 1.807) is 0 Å². The zero-order valence-electron chi connectivity index (χ0n) is 6.39. The van der Waals surface area contributed by atoms with Crippen LogP contribution in [0.25, 0.3) is 5.57 Å². The van der Waals surface area contributed by atoms with E-state index in [9.17, 15) is 0 Å². The van der Waals surface area contributed by atoms with E-state index in [0.717, 1.165) is 20.4 Å². The Bertz CT molecular complexity index is 292. The third kappa shape index (κ3) is 1.96. The van der Waals surface area contributed by atoms with E-state index in [2.05, 4.69) is 29.2 Å². The summed E-state index contributed by atoms with van der Waals surface area (Å²) in [7, 11) is 0. The van der Waals surface area contributed by atoms with Crippen LogP contribution in [0.3, 0.4) is 0 Å². The molecule has 1 rings (SSSR count). The number of nitrogen functional groups attached to an aromatic ring is 1. The van der Waals surface area contributed by atoms with Crippen molar-refractivity contribution in [3.8, 4) is 0 Å². The molecule has 0 aliphatic carbocycles. The fourth-order valence-electron chi connectivity index (χ4n) is 0.922. The average molecular weight is 259 g/mol. The molecule has 0 unspecified atom stereocenters. The summed E-state index contributed by atoms with van der Waals surface area (Å²) in [4.78, 5) is 0. The molecule has 0 heterocycles. The SMILES string of the molecule is C=C(C)c1ccc(I)cc1N. The van der Waals surface area contributed by atoms with Gasteiger partial charge < -0.3 is 5.73 Å². The molecule has 0 saturated heterocycles. The highest BCUT2D eigenvalue weighted by molar-refractivity contribution is 14.1. The molecule has 1 aromatic rings. The smallest absolute Gasteiger partial charge is 0.0400 e. The largest absolute Gasteiger partial charge is 0.398 e. The van der Waals surface area contributed by atoms with Gasteiger partial charge in [-0.05, 0) is 52.8 Å². The van der Waals surface area contributed by atoms with Crippen LogP contribution in [-0.2, 0) is 0 Å². The molecule has 0 aromatic heterocycles. The molecule has 2 heteroatoms. The summed E-state index contributed by atoms with van der Waals surface area (Å²) in [5.74, 6) is 0. The van der Waals surface area contributed by atoms with Crippen molar-refractivity contribution in [2.45, 2.75) is 6.92 Å². The summed E-state index contributed by atoms with van der Waals surface area (Å²) < 4.78 is 1.16. The first-order valence-corrected chi connectivity index (χ1v) is 4.40. The summed E-state index contributed by atoms with van der Waals surface area (Å²) in [5.41, 5.74) is 8.63. The number of anilines is 1. The maximum Gasteiger partial charge on any atom is 0.0400 e. The first-order chi connectivity index (χ1) is 5.11. The molecular weight excluding hydrogens is 249 g/mol. The van der Waals surface area contributed by atoms with Crippen LogP contribution in [0.1, 0.15) is 12.5 Å². The quantitative estimate of drug-likeness (QED) is 0.609. The molecule has 1 nitrogen and oxygen atoms in total. The van der Waals surface area contributed by atoms with Gasteiger partial charge >= 0.3 is 0 Å². The summed E-state index contributed by atoms with van der Waals surface area (Å²) in [6.45, 7) is 5.79. The van der Waals surface area contributed by atoms with E-state index in [-0.39, 0.29) is 0 Å². The van der Waals surface area contributed by atoms with Gasteiger partial charge in [0.25, 0.3) is 0 Å². The van der Waals surface area contributed by atoms with Gasteiger partial charge in [0.1, 0.15) is 0 Å². The van der Waals surface area contributed by atoms with Gasteiger partial charge in [-0.15, -0.1) is 0 Å². The number of allylic oxidation sites excluding steroid dienone is 1. The van der Waals surface area contributed by atoms with Gasteiger partial charge in [-0.25, -0.2) is 0 Å². The van der Waals surface area contributed by atoms with Crippen LogP contribution in [-0.4, -0.2) is 0 Å². The van der Waals surface area contributed by atoms with Crippen LogP contribution in [0.4, 0.5) is 5.69 Å². The second-order valence-electron chi connectivity index (χ2n) is 2.51. The van der Waals surface area contributed by atoms with Crippen LogP contribution in [0.15, 0.2) is 24.8 Å².